The van der Waals surface area contributed by atoms with Gasteiger partial charge in [0, 0.05) is 0 Å². The van der Waals surface area contributed by atoms with Gasteiger partial charge in [-0.15, -0.1) is 0 Å². The maximum absolute atomic E-state index is 12.5. The van der Waals surface area contributed by atoms with Gasteiger partial charge < -0.3 is 5.11 Å². The van der Waals surface area contributed by atoms with Crippen LogP contribution in [0.3, 0.4) is 0 Å². The molecule has 1 aliphatic rings. The van der Waals surface area contributed by atoms with E-state index in [0.717, 1.165) is 6.08 Å². The van der Waals surface area contributed by atoms with Gasteiger partial charge in [-0.3, -0.25) is 4.79 Å². The standard InChI is InChI=1S/C9H10Cl2F2O2/c1-8(2)4(6(8)7(14)15)3-5(10)9(11,12)13/h3-4,6H,1-2H3,(H,14,15)/t4-,6-/m1/s1. The van der Waals surface area contributed by atoms with E-state index >= 15 is 0 Å². The molecule has 0 unspecified atom stereocenters. The van der Waals surface area contributed by atoms with E-state index < -0.39 is 33.6 Å². The predicted octanol–water partition coefficient (Wildman–Crippen LogP) is 3.30. The number of aliphatic carboxylic acids is 1. The molecule has 1 aliphatic carbocycles. The fraction of sp³-hybridized carbons (Fsp3) is 0.667. The minimum atomic E-state index is -3.62. The molecule has 0 heterocycles. The summed E-state index contributed by atoms with van der Waals surface area (Å²) in [5, 5.41) is 4.35. The zero-order chi connectivity index (χ0) is 12.0. The molecule has 1 rings (SSSR count). The van der Waals surface area contributed by atoms with Crippen molar-refractivity contribution >= 4 is 29.2 Å². The summed E-state index contributed by atoms with van der Waals surface area (Å²) in [7, 11) is 0. The van der Waals surface area contributed by atoms with Crippen molar-refractivity contribution in [1.29, 1.82) is 0 Å². The van der Waals surface area contributed by atoms with Crippen molar-refractivity contribution in [2.24, 2.45) is 17.3 Å². The van der Waals surface area contributed by atoms with E-state index in [1.807, 2.05) is 0 Å². The van der Waals surface area contributed by atoms with Gasteiger partial charge in [-0.2, -0.15) is 8.78 Å². The Hall–Kier alpha value is -0.350. The van der Waals surface area contributed by atoms with Crippen molar-refractivity contribution in [3.05, 3.63) is 11.1 Å². The highest BCUT2D eigenvalue weighted by Crippen LogP contribution is 2.60. The van der Waals surface area contributed by atoms with Gasteiger partial charge in [0.25, 0.3) is 0 Å². The molecule has 0 aromatic carbocycles. The molecule has 0 saturated heterocycles. The molecule has 1 fully saturated rings. The highest BCUT2D eigenvalue weighted by Gasteiger charge is 2.61. The van der Waals surface area contributed by atoms with Gasteiger partial charge in [-0.05, 0) is 22.9 Å². The highest BCUT2D eigenvalue weighted by atomic mass is 35.5. The van der Waals surface area contributed by atoms with E-state index in [-0.39, 0.29) is 0 Å². The average molecular weight is 259 g/mol. The van der Waals surface area contributed by atoms with Crippen molar-refractivity contribution in [2.75, 3.05) is 0 Å². The molecule has 86 valence electrons. The van der Waals surface area contributed by atoms with E-state index in [1.165, 1.54) is 0 Å². The molecule has 6 heteroatoms. The van der Waals surface area contributed by atoms with E-state index in [9.17, 15) is 13.6 Å². The third-order valence-corrected chi connectivity index (χ3v) is 3.44. The molecule has 1 saturated carbocycles. The first-order valence-electron chi connectivity index (χ1n) is 4.26. The molecule has 0 radical (unpaired) electrons. The van der Waals surface area contributed by atoms with Crippen LogP contribution in [0.5, 0.6) is 0 Å². The van der Waals surface area contributed by atoms with Crippen LogP contribution in [0, 0.1) is 17.3 Å². The summed E-state index contributed by atoms with van der Waals surface area (Å²) in [6.07, 6.45) is 1.04. The predicted molar refractivity (Wildman–Crippen MR) is 53.1 cm³/mol. The maximum Gasteiger partial charge on any atom is 0.358 e. The van der Waals surface area contributed by atoms with Gasteiger partial charge >= 0.3 is 11.4 Å². The van der Waals surface area contributed by atoms with Crippen LogP contribution in [-0.4, -0.2) is 16.5 Å². The highest BCUT2D eigenvalue weighted by molar-refractivity contribution is 6.38. The monoisotopic (exact) mass is 258 g/mol. The summed E-state index contributed by atoms with van der Waals surface area (Å²) in [4.78, 5) is 10.7. The normalized spacial score (nSPS) is 30.1. The number of hydrogen-bond donors (Lipinski definition) is 1. The van der Waals surface area contributed by atoms with Gasteiger partial charge in [0.15, 0.2) is 0 Å². The smallest absolute Gasteiger partial charge is 0.358 e. The largest absolute Gasteiger partial charge is 0.481 e. The van der Waals surface area contributed by atoms with Gasteiger partial charge in [0.2, 0.25) is 0 Å². The number of allylic oxidation sites excluding steroid dienone is 2. The second-order valence-corrected chi connectivity index (χ2v) is 5.06. The Morgan fingerprint density at radius 2 is 2.00 bits per heavy atom. The Morgan fingerprint density at radius 3 is 2.27 bits per heavy atom. The summed E-state index contributed by atoms with van der Waals surface area (Å²) >= 11 is 9.97. The molecule has 0 aromatic rings. The fourth-order valence-corrected chi connectivity index (χ4v) is 1.91. The lowest BCUT2D eigenvalue weighted by Crippen LogP contribution is -2.06. The van der Waals surface area contributed by atoms with Crippen molar-refractivity contribution in [1.82, 2.24) is 0 Å². The van der Waals surface area contributed by atoms with Gasteiger partial charge in [-0.25, -0.2) is 0 Å². The van der Waals surface area contributed by atoms with Crippen LogP contribution < -0.4 is 0 Å². The summed E-state index contributed by atoms with van der Waals surface area (Å²) in [6, 6.07) is 0. The molecule has 0 amide bonds. The zero-order valence-electron chi connectivity index (χ0n) is 8.10. The molecule has 2 atom stereocenters. The van der Waals surface area contributed by atoms with E-state index in [1.54, 1.807) is 13.8 Å². The Bertz CT molecular complexity index is 321. The van der Waals surface area contributed by atoms with Crippen LogP contribution in [0.1, 0.15) is 13.8 Å². The zero-order valence-corrected chi connectivity index (χ0v) is 9.61. The van der Waals surface area contributed by atoms with Crippen LogP contribution in [0.2, 0.25) is 0 Å². The lowest BCUT2D eigenvalue weighted by atomic mass is 10.1. The topological polar surface area (TPSA) is 37.3 Å². The summed E-state index contributed by atoms with van der Waals surface area (Å²) in [5.74, 6) is -2.18. The van der Waals surface area contributed by atoms with Gasteiger partial charge in [0.05, 0.1) is 11.0 Å². The Labute approximate surface area is 95.9 Å². The van der Waals surface area contributed by atoms with E-state index in [0.29, 0.717) is 0 Å². The fourth-order valence-electron chi connectivity index (χ4n) is 1.71. The number of rotatable bonds is 3. The molecular weight excluding hydrogens is 249 g/mol. The summed E-state index contributed by atoms with van der Waals surface area (Å²) in [6.45, 7) is 3.37. The quantitative estimate of drug-likeness (QED) is 0.789. The Balaban J connectivity index is 2.83. The first kappa shape index (κ1) is 12.7. The molecule has 0 spiro atoms. The van der Waals surface area contributed by atoms with Crippen molar-refractivity contribution < 1.29 is 18.7 Å². The number of carbonyl (C=O) groups is 1. The number of halogens is 4. The molecule has 0 aromatic heterocycles. The van der Waals surface area contributed by atoms with Crippen LogP contribution in [0.15, 0.2) is 11.1 Å². The lowest BCUT2D eigenvalue weighted by Gasteiger charge is -2.05. The van der Waals surface area contributed by atoms with Gasteiger partial charge in [0.1, 0.15) is 0 Å². The minimum absolute atomic E-state index is 0.493. The molecular formula is C9H10Cl2F2O2. The second kappa shape index (κ2) is 3.59. The van der Waals surface area contributed by atoms with Crippen LogP contribution in [0.4, 0.5) is 8.78 Å². The van der Waals surface area contributed by atoms with Crippen LogP contribution in [0.25, 0.3) is 0 Å². The number of hydrogen-bond acceptors (Lipinski definition) is 1. The maximum atomic E-state index is 12.5. The third-order valence-electron chi connectivity index (χ3n) is 2.77. The van der Waals surface area contributed by atoms with Crippen molar-refractivity contribution in [3.63, 3.8) is 0 Å². The molecule has 2 nitrogen and oxygen atoms in total. The van der Waals surface area contributed by atoms with Crippen LogP contribution in [-0.2, 0) is 4.79 Å². The van der Waals surface area contributed by atoms with E-state index in [4.69, 9.17) is 28.3 Å². The third kappa shape index (κ3) is 2.42. The van der Waals surface area contributed by atoms with Gasteiger partial charge in [-0.1, -0.05) is 31.5 Å². The first-order chi connectivity index (χ1) is 6.58. The van der Waals surface area contributed by atoms with Crippen molar-refractivity contribution in [2.45, 2.75) is 19.2 Å². The molecule has 0 aliphatic heterocycles. The minimum Gasteiger partial charge on any atom is -0.481 e. The lowest BCUT2D eigenvalue weighted by molar-refractivity contribution is -0.139. The number of carboxylic acids is 1. The summed E-state index contributed by atoms with van der Waals surface area (Å²) in [5.41, 5.74) is -0.548. The average Bonchev–Trinajstić information content (AvgIpc) is 2.50. The SMILES string of the molecule is CC1(C)[C@H](C=C(Cl)C(F)(F)Cl)[C@@H]1C(=O)O. The summed E-state index contributed by atoms with van der Waals surface area (Å²) < 4.78 is 25.0. The Morgan fingerprint density at radius 1 is 1.53 bits per heavy atom. The first-order valence-corrected chi connectivity index (χ1v) is 5.01. The Kier molecular flexibility index (Phi) is 3.05. The molecule has 0 bridgehead atoms. The molecule has 1 N–H and O–H groups in total. The van der Waals surface area contributed by atoms with Crippen molar-refractivity contribution in [3.8, 4) is 0 Å². The van der Waals surface area contributed by atoms with Crippen LogP contribution >= 0.6 is 23.2 Å². The number of carboxylic acid groups (broad SMARTS) is 1. The number of alkyl halides is 3. The van der Waals surface area contributed by atoms with E-state index in [2.05, 4.69) is 0 Å². The second-order valence-electron chi connectivity index (χ2n) is 4.18. The molecule has 15 heavy (non-hydrogen) atoms.